The number of nitrogens with one attached hydrogen (secondary N) is 1. The van der Waals surface area contributed by atoms with Crippen LogP contribution in [0.4, 0.5) is 19.0 Å². The predicted octanol–water partition coefficient (Wildman–Crippen LogP) is 2.76. The summed E-state index contributed by atoms with van der Waals surface area (Å²) in [5, 5.41) is 2.80. The summed E-state index contributed by atoms with van der Waals surface area (Å²) in [7, 11) is 0. The van der Waals surface area contributed by atoms with E-state index in [1.165, 1.54) is 0 Å². The standard InChI is InChI=1S/C10H13ClF3N3/c1-6(3-15)4-16-9-8(11)2-7(5-17-9)10(12,13)14/h2,5-6H,3-4,15H2,1H3,(H,16,17). The van der Waals surface area contributed by atoms with Gasteiger partial charge < -0.3 is 11.1 Å². The van der Waals surface area contributed by atoms with Crippen molar-refractivity contribution in [3.05, 3.63) is 22.8 Å². The summed E-state index contributed by atoms with van der Waals surface area (Å²) in [5.74, 6) is 0.426. The van der Waals surface area contributed by atoms with Crippen LogP contribution in [0, 0.1) is 5.92 Å². The molecule has 7 heteroatoms. The van der Waals surface area contributed by atoms with Crippen molar-refractivity contribution in [3.8, 4) is 0 Å². The second-order valence-corrected chi connectivity index (χ2v) is 4.18. The van der Waals surface area contributed by atoms with Crippen LogP contribution in [0.3, 0.4) is 0 Å². The quantitative estimate of drug-likeness (QED) is 0.882. The van der Waals surface area contributed by atoms with Gasteiger partial charge in [0.25, 0.3) is 0 Å². The molecule has 17 heavy (non-hydrogen) atoms. The molecule has 0 amide bonds. The molecule has 0 aliphatic rings. The highest BCUT2D eigenvalue weighted by molar-refractivity contribution is 6.32. The molecule has 1 heterocycles. The van der Waals surface area contributed by atoms with Gasteiger partial charge in [-0.2, -0.15) is 13.2 Å². The summed E-state index contributed by atoms with van der Waals surface area (Å²) in [6, 6.07) is 0.851. The van der Waals surface area contributed by atoms with Crippen molar-refractivity contribution in [1.82, 2.24) is 4.98 Å². The van der Waals surface area contributed by atoms with Crippen LogP contribution in [0.15, 0.2) is 12.3 Å². The van der Waals surface area contributed by atoms with E-state index in [4.69, 9.17) is 17.3 Å². The fraction of sp³-hybridized carbons (Fsp3) is 0.500. The first-order valence-electron chi connectivity index (χ1n) is 5.01. The zero-order chi connectivity index (χ0) is 13.1. The fourth-order valence-electron chi connectivity index (χ4n) is 1.08. The molecule has 0 aromatic carbocycles. The lowest BCUT2D eigenvalue weighted by molar-refractivity contribution is -0.137. The third-order valence-corrected chi connectivity index (χ3v) is 2.48. The van der Waals surface area contributed by atoms with Crippen LogP contribution in [0.5, 0.6) is 0 Å². The number of alkyl halides is 3. The third kappa shape index (κ3) is 4.05. The number of hydrogen-bond donors (Lipinski definition) is 2. The first kappa shape index (κ1) is 14.1. The van der Waals surface area contributed by atoms with Crippen LogP contribution >= 0.6 is 11.6 Å². The minimum absolute atomic E-state index is 0.0518. The molecule has 0 saturated heterocycles. The highest BCUT2D eigenvalue weighted by Gasteiger charge is 2.31. The number of pyridine rings is 1. The van der Waals surface area contributed by atoms with Crippen molar-refractivity contribution < 1.29 is 13.2 Å². The van der Waals surface area contributed by atoms with E-state index >= 15 is 0 Å². The molecule has 1 rings (SSSR count). The average Bonchev–Trinajstić information content (AvgIpc) is 2.25. The smallest absolute Gasteiger partial charge is 0.369 e. The Hall–Kier alpha value is -1.01. The second kappa shape index (κ2) is 5.55. The zero-order valence-electron chi connectivity index (χ0n) is 9.18. The molecule has 3 nitrogen and oxygen atoms in total. The van der Waals surface area contributed by atoms with Crippen molar-refractivity contribution in [3.63, 3.8) is 0 Å². The zero-order valence-corrected chi connectivity index (χ0v) is 9.94. The van der Waals surface area contributed by atoms with Crippen LogP contribution in [0.2, 0.25) is 5.02 Å². The highest BCUT2D eigenvalue weighted by atomic mass is 35.5. The normalized spacial score (nSPS) is 13.5. The van der Waals surface area contributed by atoms with Crippen molar-refractivity contribution >= 4 is 17.4 Å². The Morgan fingerprint density at radius 3 is 2.65 bits per heavy atom. The summed E-state index contributed by atoms with van der Waals surface area (Å²) in [4.78, 5) is 3.65. The molecule has 0 aliphatic carbocycles. The molecule has 1 aromatic rings. The van der Waals surface area contributed by atoms with E-state index in [-0.39, 0.29) is 16.8 Å². The van der Waals surface area contributed by atoms with Crippen molar-refractivity contribution in [1.29, 1.82) is 0 Å². The van der Waals surface area contributed by atoms with E-state index in [0.717, 1.165) is 12.3 Å². The lowest BCUT2D eigenvalue weighted by atomic mass is 10.2. The molecule has 1 aromatic heterocycles. The summed E-state index contributed by atoms with van der Waals surface area (Å²) < 4.78 is 37.0. The SMILES string of the molecule is CC(CN)CNc1ncc(C(F)(F)F)cc1Cl. The predicted molar refractivity (Wildman–Crippen MR) is 61.0 cm³/mol. The Kier molecular flexibility index (Phi) is 4.59. The topological polar surface area (TPSA) is 50.9 Å². The summed E-state index contributed by atoms with van der Waals surface area (Å²) >= 11 is 5.71. The van der Waals surface area contributed by atoms with Gasteiger partial charge in [-0.05, 0) is 18.5 Å². The molecule has 0 fully saturated rings. The maximum Gasteiger partial charge on any atom is 0.417 e. The Labute approximate surface area is 102 Å². The van der Waals surface area contributed by atoms with Gasteiger partial charge in [0.2, 0.25) is 0 Å². The van der Waals surface area contributed by atoms with E-state index in [1.807, 2.05) is 6.92 Å². The molecule has 1 unspecified atom stereocenters. The number of nitrogens with two attached hydrogens (primary N) is 1. The van der Waals surface area contributed by atoms with E-state index in [1.54, 1.807) is 0 Å². The molecule has 1 atom stereocenters. The van der Waals surface area contributed by atoms with Crippen molar-refractivity contribution in [2.24, 2.45) is 11.7 Å². The van der Waals surface area contributed by atoms with Gasteiger partial charge in [-0.3, -0.25) is 0 Å². The second-order valence-electron chi connectivity index (χ2n) is 3.77. The molecule has 0 radical (unpaired) electrons. The number of nitrogens with zero attached hydrogens (tertiary/aromatic N) is 1. The van der Waals surface area contributed by atoms with E-state index in [0.29, 0.717) is 13.1 Å². The molecule has 0 saturated carbocycles. The van der Waals surface area contributed by atoms with Crippen LogP contribution in [0.25, 0.3) is 0 Å². The summed E-state index contributed by atoms with van der Waals surface area (Å²) in [6.45, 7) is 2.89. The minimum atomic E-state index is -4.43. The first-order chi connectivity index (χ1) is 7.84. The highest BCUT2D eigenvalue weighted by Crippen LogP contribution is 2.32. The molecule has 96 valence electrons. The molecular weight excluding hydrogens is 255 g/mol. The van der Waals surface area contributed by atoms with Crippen LogP contribution in [-0.2, 0) is 6.18 Å². The van der Waals surface area contributed by atoms with Crippen molar-refractivity contribution in [2.75, 3.05) is 18.4 Å². The Morgan fingerprint density at radius 2 is 2.18 bits per heavy atom. The number of halogens is 4. The Morgan fingerprint density at radius 1 is 1.53 bits per heavy atom. The number of rotatable bonds is 4. The Bertz CT molecular complexity index is 382. The molecule has 3 N–H and O–H groups in total. The van der Waals surface area contributed by atoms with Gasteiger partial charge in [0.05, 0.1) is 10.6 Å². The van der Waals surface area contributed by atoms with Crippen LogP contribution in [0.1, 0.15) is 12.5 Å². The van der Waals surface area contributed by atoms with Crippen LogP contribution in [-0.4, -0.2) is 18.1 Å². The average molecular weight is 268 g/mol. The first-order valence-corrected chi connectivity index (χ1v) is 5.39. The summed E-state index contributed by atoms with van der Waals surface area (Å²) in [6.07, 6.45) is -3.68. The largest absolute Gasteiger partial charge is 0.417 e. The van der Waals surface area contributed by atoms with Gasteiger partial charge in [0.1, 0.15) is 5.82 Å². The number of anilines is 1. The maximum absolute atomic E-state index is 12.3. The van der Waals surface area contributed by atoms with Gasteiger partial charge in [-0.1, -0.05) is 18.5 Å². The van der Waals surface area contributed by atoms with E-state index in [2.05, 4.69) is 10.3 Å². The third-order valence-electron chi connectivity index (χ3n) is 2.19. The van der Waals surface area contributed by atoms with E-state index < -0.39 is 11.7 Å². The fourth-order valence-corrected chi connectivity index (χ4v) is 1.31. The van der Waals surface area contributed by atoms with Gasteiger partial charge >= 0.3 is 6.18 Å². The van der Waals surface area contributed by atoms with Crippen LogP contribution < -0.4 is 11.1 Å². The number of hydrogen-bond acceptors (Lipinski definition) is 3. The maximum atomic E-state index is 12.3. The van der Waals surface area contributed by atoms with Gasteiger partial charge in [-0.15, -0.1) is 0 Å². The molecule has 0 bridgehead atoms. The van der Waals surface area contributed by atoms with Crippen molar-refractivity contribution in [2.45, 2.75) is 13.1 Å². The monoisotopic (exact) mass is 267 g/mol. The Balaban J connectivity index is 2.77. The summed E-state index contributed by atoms with van der Waals surface area (Å²) in [5.41, 5.74) is 4.55. The van der Waals surface area contributed by atoms with Gasteiger partial charge in [0.15, 0.2) is 0 Å². The minimum Gasteiger partial charge on any atom is -0.369 e. The molecule has 0 spiro atoms. The lowest BCUT2D eigenvalue weighted by Crippen LogP contribution is -2.20. The van der Waals surface area contributed by atoms with Gasteiger partial charge in [0, 0.05) is 12.7 Å². The lowest BCUT2D eigenvalue weighted by Gasteiger charge is -2.13. The molecular formula is C10H13ClF3N3. The van der Waals surface area contributed by atoms with E-state index in [9.17, 15) is 13.2 Å². The number of aromatic nitrogens is 1. The van der Waals surface area contributed by atoms with Gasteiger partial charge in [-0.25, -0.2) is 4.98 Å². The molecule has 0 aliphatic heterocycles.